The molecule has 0 atom stereocenters. The predicted octanol–water partition coefficient (Wildman–Crippen LogP) is 1.94. The first-order valence-corrected chi connectivity index (χ1v) is 3.87. The van der Waals surface area contributed by atoms with Gasteiger partial charge in [0.1, 0.15) is 5.69 Å². The monoisotopic (exact) mass is 220 g/mol. The van der Waals surface area contributed by atoms with Crippen LogP contribution in [0.15, 0.2) is 18.3 Å². The number of amides is 1. The molecule has 1 aromatic heterocycles. The van der Waals surface area contributed by atoms with Gasteiger partial charge in [-0.15, -0.1) is 13.2 Å². The molecule has 0 bridgehead atoms. The van der Waals surface area contributed by atoms with Crippen molar-refractivity contribution in [2.45, 2.75) is 13.3 Å². The van der Waals surface area contributed by atoms with E-state index < -0.39 is 18.1 Å². The highest BCUT2D eigenvalue weighted by Crippen LogP contribution is 2.27. The number of carbonyl (C=O) groups excluding carboxylic acids is 1. The van der Waals surface area contributed by atoms with Gasteiger partial charge in [-0.1, -0.05) is 0 Å². The van der Waals surface area contributed by atoms with Crippen LogP contribution in [-0.4, -0.2) is 17.3 Å². The maximum absolute atomic E-state index is 11.9. The third kappa shape index (κ3) is 3.84. The molecule has 0 spiro atoms. The Morgan fingerprint density at radius 1 is 1.53 bits per heavy atom. The van der Waals surface area contributed by atoms with Crippen LogP contribution < -0.4 is 10.1 Å². The molecular formula is C8H7F3N2O2. The number of rotatable bonds is 2. The van der Waals surface area contributed by atoms with Crippen LogP contribution in [0.4, 0.5) is 18.9 Å². The van der Waals surface area contributed by atoms with Gasteiger partial charge in [-0.25, -0.2) is 4.98 Å². The zero-order chi connectivity index (χ0) is 11.5. The lowest BCUT2D eigenvalue weighted by molar-refractivity contribution is -0.275. The average molecular weight is 220 g/mol. The van der Waals surface area contributed by atoms with Crippen molar-refractivity contribution in [3.05, 3.63) is 18.3 Å². The molecule has 4 nitrogen and oxygen atoms in total. The van der Waals surface area contributed by atoms with Gasteiger partial charge < -0.3 is 10.1 Å². The Kier molecular flexibility index (Phi) is 3.13. The molecule has 0 aliphatic heterocycles. The first kappa shape index (κ1) is 11.3. The third-order valence-corrected chi connectivity index (χ3v) is 1.29. The summed E-state index contributed by atoms with van der Waals surface area (Å²) in [5.41, 5.74) is -0.123. The number of halogens is 3. The molecule has 1 aromatic rings. The zero-order valence-electron chi connectivity index (χ0n) is 7.63. The fourth-order valence-electron chi connectivity index (χ4n) is 0.867. The average Bonchev–Trinajstić information content (AvgIpc) is 2.05. The number of hydrogen-bond donors (Lipinski definition) is 1. The molecule has 0 unspecified atom stereocenters. The number of nitrogens with zero attached hydrogens (tertiary/aromatic N) is 1. The van der Waals surface area contributed by atoms with Crippen molar-refractivity contribution < 1.29 is 22.7 Å². The molecule has 1 amide bonds. The molecule has 0 radical (unpaired) electrons. The van der Waals surface area contributed by atoms with Crippen LogP contribution in [-0.2, 0) is 4.79 Å². The summed E-state index contributed by atoms with van der Waals surface area (Å²) in [5.74, 6) is -1.18. The van der Waals surface area contributed by atoms with E-state index in [0.29, 0.717) is 0 Å². The van der Waals surface area contributed by atoms with Crippen LogP contribution >= 0.6 is 0 Å². The van der Waals surface area contributed by atoms with E-state index in [1.807, 2.05) is 0 Å². The Morgan fingerprint density at radius 2 is 2.20 bits per heavy atom. The number of nitrogens with one attached hydrogen (secondary N) is 1. The van der Waals surface area contributed by atoms with Gasteiger partial charge in [-0.3, -0.25) is 4.79 Å². The quantitative estimate of drug-likeness (QED) is 0.828. The summed E-state index contributed by atoms with van der Waals surface area (Å²) in [6.07, 6.45) is -3.70. The first-order chi connectivity index (χ1) is 6.88. The molecule has 0 aliphatic carbocycles. The van der Waals surface area contributed by atoms with Crippen LogP contribution in [0.3, 0.4) is 0 Å². The summed E-state index contributed by atoms with van der Waals surface area (Å²) >= 11 is 0. The van der Waals surface area contributed by atoms with E-state index in [-0.39, 0.29) is 5.69 Å². The molecule has 1 rings (SSSR count). The molecule has 15 heavy (non-hydrogen) atoms. The van der Waals surface area contributed by atoms with E-state index in [9.17, 15) is 18.0 Å². The molecule has 0 aliphatic rings. The van der Waals surface area contributed by atoms with Crippen LogP contribution in [0.1, 0.15) is 6.92 Å². The van der Waals surface area contributed by atoms with E-state index in [1.165, 1.54) is 19.1 Å². The molecule has 0 fully saturated rings. The van der Waals surface area contributed by atoms with Crippen molar-refractivity contribution in [2.75, 3.05) is 5.32 Å². The first-order valence-electron chi connectivity index (χ1n) is 3.87. The van der Waals surface area contributed by atoms with E-state index in [2.05, 4.69) is 15.0 Å². The molecule has 0 saturated heterocycles. The predicted molar refractivity (Wildman–Crippen MR) is 45.2 cm³/mol. The largest absolute Gasteiger partial charge is 0.574 e. The number of carbonyl (C=O) groups is 1. The van der Waals surface area contributed by atoms with E-state index in [0.717, 1.165) is 6.20 Å². The van der Waals surface area contributed by atoms with Crippen molar-refractivity contribution in [1.82, 2.24) is 4.98 Å². The highest BCUT2D eigenvalue weighted by molar-refractivity contribution is 5.89. The van der Waals surface area contributed by atoms with Crippen LogP contribution in [0, 0.1) is 0 Å². The Morgan fingerprint density at radius 3 is 2.73 bits per heavy atom. The van der Waals surface area contributed by atoms with Crippen LogP contribution in [0.5, 0.6) is 5.88 Å². The second-order valence-corrected chi connectivity index (χ2v) is 2.59. The fraction of sp³-hybridized carbons (Fsp3) is 0.250. The van der Waals surface area contributed by atoms with Gasteiger partial charge in [0.2, 0.25) is 11.8 Å². The van der Waals surface area contributed by atoms with Crippen molar-refractivity contribution in [3.63, 3.8) is 0 Å². The number of aromatic nitrogens is 1. The number of alkyl halides is 3. The Bertz CT molecular complexity index is 365. The highest BCUT2D eigenvalue weighted by atomic mass is 19.4. The molecule has 0 aromatic carbocycles. The Balaban J connectivity index is 2.91. The minimum absolute atomic E-state index is 0.123. The second-order valence-electron chi connectivity index (χ2n) is 2.59. The van der Waals surface area contributed by atoms with Crippen LogP contribution in [0.2, 0.25) is 0 Å². The minimum Gasteiger partial charge on any atom is -0.386 e. The lowest BCUT2D eigenvalue weighted by atomic mass is 10.4. The van der Waals surface area contributed by atoms with E-state index in [4.69, 9.17) is 0 Å². The van der Waals surface area contributed by atoms with Gasteiger partial charge in [0.25, 0.3) is 0 Å². The SMILES string of the molecule is CC(=O)Nc1cccnc1OC(F)(F)F. The second kappa shape index (κ2) is 4.16. The van der Waals surface area contributed by atoms with Gasteiger partial charge in [-0.05, 0) is 12.1 Å². The summed E-state index contributed by atoms with van der Waals surface area (Å²) in [7, 11) is 0. The van der Waals surface area contributed by atoms with Crippen molar-refractivity contribution >= 4 is 11.6 Å². The molecule has 1 N–H and O–H groups in total. The van der Waals surface area contributed by atoms with Crippen molar-refractivity contribution in [3.8, 4) is 5.88 Å². The van der Waals surface area contributed by atoms with Crippen molar-refractivity contribution in [2.24, 2.45) is 0 Å². The summed E-state index contributed by atoms with van der Waals surface area (Å²) in [6.45, 7) is 1.17. The molecular weight excluding hydrogens is 213 g/mol. The van der Waals surface area contributed by atoms with E-state index in [1.54, 1.807) is 0 Å². The summed E-state index contributed by atoms with van der Waals surface area (Å²) < 4.78 is 39.3. The van der Waals surface area contributed by atoms with E-state index >= 15 is 0 Å². The molecule has 82 valence electrons. The smallest absolute Gasteiger partial charge is 0.386 e. The summed E-state index contributed by atoms with van der Waals surface area (Å²) in [6, 6.07) is 2.64. The number of hydrogen-bond acceptors (Lipinski definition) is 3. The standard InChI is InChI=1S/C8H7F3N2O2/c1-5(14)13-6-3-2-4-12-7(6)15-8(9,10)11/h2-4H,1H3,(H,13,14). The summed E-state index contributed by atoms with van der Waals surface area (Å²) in [4.78, 5) is 14.0. The fourth-order valence-corrected chi connectivity index (χ4v) is 0.867. The number of anilines is 1. The van der Waals surface area contributed by atoms with Gasteiger partial charge in [-0.2, -0.15) is 0 Å². The lowest BCUT2D eigenvalue weighted by Crippen LogP contribution is -2.19. The highest BCUT2D eigenvalue weighted by Gasteiger charge is 2.32. The van der Waals surface area contributed by atoms with Gasteiger partial charge in [0.05, 0.1) is 0 Å². The molecule has 1 heterocycles. The number of ether oxygens (including phenoxy) is 1. The topological polar surface area (TPSA) is 51.2 Å². The lowest BCUT2D eigenvalue weighted by Gasteiger charge is -2.11. The van der Waals surface area contributed by atoms with Crippen molar-refractivity contribution in [1.29, 1.82) is 0 Å². The number of pyridine rings is 1. The van der Waals surface area contributed by atoms with Crippen LogP contribution in [0.25, 0.3) is 0 Å². The normalized spacial score (nSPS) is 10.9. The minimum atomic E-state index is -4.83. The third-order valence-electron chi connectivity index (χ3n) is 1.29. The maximum Gasteiger partial charge on any atom is 0.574 e. The van der Waals surface area contributed by atoms with Gasteiger partial charge in [0, 0.05) is 13.1 Å². The Hall–Kier alpha value is -1.79. The Labute approximate surface area is 83.1 Å². The zero-order valence-corrected chi connectivity index (χ0v) is 7.63. The van der Waals surface area contributed by atoms with Gasteiger partial charge in [0.15, 0.2) is 0 Å². The summed E-state index contributed by atoms with van der Waals surface area (Å²) in [5, 5.41) is 2.17. The molecule has 7 heteroatoms. The molecule has 0 saturated carbocycles. The maximum atomic E-state index is 11.9. The van der Waals surface area contributed by atoms with Gasteiger partial charge >= 0.3 is 6.36 Å².